The van der Waals surface area contributed by atoms with E-state index in [2.05, 4.69) is 5.32 Å². The number of ether oxygens (including phenoxy) is 1. The molecule has 0 amide bonds. The topological polar surface area (TPSA) is 79.0 Å². The number of sulfonamides is 1. The Morgan fingerprint density at radius 3 is 2.42 bits per heavy atom. The predicted molar refractivity (Wildman–Crippen MR) is 98.6 cm³/mol. The van der Waals surface area contributed by atoms with Crippen molar-refractivity contribution in [1.29, 1.82) is 0 Å². The highest BCUT2D eigenvalue weighted by Crippen LogP contribution is 2.39. The van der Waals surface area contributed by atoms with E-state index < -0.39 is 15.7 Å². The zero-order valence-corrected chi connectivity index (χ0v) is 16.4. The van der Waals surface area contributed by atoms with E-state index in [-0.39, 0.29) is 16.8 Å². The number of hydrogen-bond donors (Lipinski definition) is 1. The average Bonchev–Trinajstić information content (AvgIpc) is 2.93. The van der Waals surface area contributed by atoms with Gasteiger partial charge in [0, 0.05) is 31.5 Å². The largest absolute Gasteiger partial charge is 0.353 e. The van der Waals surface area contributed by atoms with Crippen LogP contribution in [0.3, 0.4) is 0 Å². The van der Waals surface area contributed by atoms with Crippen molar-refractivity contribution in [1.82, 2.24) is 14.5 Å². The SMILES string of the molecule is CC(=O)c1ccc(S(=O)(=O)N2CC(CN(C)C)OC23CCNCC3)cc1. The summed E-state index contributed by atoms with van der Waals surface area (Å²) in [5.74, 6) is -0.0840. The molecular weight excluding hydrogens is 354 g/mol. The van der Waals surface area contributed by atoms with Crippen LogP contribution in [-0.4, -0.2) is 75.5 Å². The lowest BCUT2D eigenvalue weighted by Gasteiger charge is -2.39. The molecule has 7 nitrogen and oxygen atoms in total. The van der Waals surface area contributed by atoms with Gasteiger partial charge in [0.15, 0.2) is 5.78 Å². The second-order valence-corrected chi connectivity index (χ2v) is 9.18. The lowest BCUT2D eigenvalue weighted by Crippen LogP contribution is -2.53. The van der Waals surface area contributed by atoms with E-state index in [1.807, 2.05) is 19.0 Å². The van der Waals surface area contributed by atoms with Gasteiger partial charge in [0.2, 0.25) is 10.0 Å². The number of carbonyl (C=O) groups excluding carboxylic acids is 1. The summed E-state index contributed by atoms with van der Waals surface area (Å²) in [5, 5.41) is 3.27. The number of likely N-dealkylation sites (N-methyl/N-ethyl adjacent to an activating group) is 1. The maximum Gasteiger partial charge on any atom is 0.245 e. The summed E-state index contributed by atoms with van der Waals surface area (Å²) >= 11 is 0. The van der Waals surface area contributed by atoms with Crippen LogP contribution in [-0.2, 0) is 14.8 Å². The average molecular weight is 381 g/mol. The third kappa shape index (κ3) is 3.70. The van der Waals surface area contributed by atoms with E-state index >= 15 is 0 Å². The highest BCUT2D eigenvalue weighted by molar-refractivity contribution is 7.89. The molecule has 144 valence electrons. The number of benzene rings is 1. The van der Waals surface area contributed by atoms with Gasteiger partial charge in [-0.3, -0.25) is 4.79 Å². The van der Waals surface area contributed by atoms with E-state index in [1.54, 1.807) is 12.1 Å². The van der Waals surface area contributed by atoms with E-state index in [9.17, 15) is 13.2 Å². The third-order valence-electron chi connectivity index (χ3n) is 5.01. The monoisotopic (exact) mass is 381 g/mol. The Morgan fingerprint density at radius 1 is 1.27 bits per heavy atom. The molecule has 0 radical (unpaired) electrons. The molecule has 2 heterocycles. The molecule has 0 saturated carbocycles. The molecule has 26 heavy (non-hydrogen) atoms. The Morgan fingerprint density at radius 2 is 1.88 bits per heavy atom. The van der Waals surface area contributed by atoms with Crippen LogP contribution in [0.2, 0.25) is 0 Å². The van der Waals surface area contributed by atoms with Crippen molar-refractivity contribution in [3.8, 4) is 0 Å². The van der Waals surface area contributed by atoms with Gasteiger partial charge in [-0.2, -0.15) is 4.31 Å². The molecule has 3 rings (SSSR count). The number of nitrogens with one attached hydrogen (secondary N) is 1. The first kappa shape index (κ1) is 19.4. The van der Waals surface area contributed by atoms with Crippen molar-refractivity contribution in [3.05, 3.63) is 29.8 Å². The van der Waals surface area contributed by atoms with Crippen LogP contribution in [0, 0.1) is 0 Å². The second kappa shape index (κ2) is 7.36. The number of carbonyl (C=O) groups is 1. The van der Waals surface area contributed by atoms with Gasteiger partial charge in [-0.05, 0) is 46.2 Å². The molecule has 1 unspecified atom stereocenters. The maximum atomic E-state index is 13.3. The van der Waals surface area contributed by atoms with Crippen LogP contribution in [0.4, 0.5) is 0 Å². The molecule has 8 heteroatoms. The summed E-state index contributed by atoms with van der Waals surface area (Å²) in [7, 11) is 0.202. The van der Waals surface area contributed by atoms with Gasteiger partial charge in [0.25, 0.3) is 0 Å². The van der Waals surface area contributed by atoms with E-state index in [1.165, 1.54) is 23.4 Å². The molecule has 1 aromatic carbocycles. The molecule has 1 atom stereocenters. The van der Waals surface area contributed by atoms with Crippen molar-refractivity contribution in [2.45, 2.75) is 36.5 Å². The minimum atomic E-state index is -3.71. The highest BCUT2D eigenvalue weighted by Gasteiger charge is 2.52. The predicted octanol–water partition coefficient (Wildman–Crippen LogP) is 0.920. The number of Topliss-reactive ketones (excluding diaryl/α,β-unsaturated/α-hetero) is 1. The summed E-state index contributed by atoms with van der Waals surface area (Å²) in [6.07, 6.45) is 1.10. The molecule has 2 aliphatic heterocycles. The molecule has 2 aliphatic rings. The van der Waals surface area contributed by atoms with Gasteiger partial charge in [0.1, 0.15) is 5.72 Å². The molecule has 1 aromatic rings. The second-order valence-electron chi connectivity index (χ2n) is 7.31. The minimum Gasteiger partial charge on any atom is -0.353 e. The van der Waals surface area contributed by atoms with Gasteiger partial charge in [-0.25, -0.2) is 8.42 Å². The summed E-state index contributed by atoms with van der Waals surface area (Å²) < 4.78 is 34.5. The minimum absolute atomic E-state index is 0.0840. The van der Waals surface area contributed by atoms with E-state index in [0.29, 0.717) is 31.5 Å². The Kier molecular flexibility index (Phi) is 5.50. The normalized spacial score (nSPS) is 23.6. The van der Waals surface area contributed by atoms with Gasteiger partial charge in [-0.1, -0.05) is 12.1 Å². The van der Waals surface area contributed by atoms with Gasteiger partial charge < -0.3 is 15.0 Å². The summed E-state index contributed by atoms with van der Waals surface area (Å²) in [4.78, 5) is 13.7. The van der Waals surface area contributed by atoms with Crippen molar-refractivity contribution < 1.29 is 17.9 Å². The molecule has 2 fully saturated rings. The fraction of sp³-hybridized carbons (Fsp3) is 0.611. The summed E-state index contributed by atoms with van der Waals surface area (Å²) in [6, 6.07) is 6.16. The number of nitrogens with zero attached hydrogens (tertiary/aromatic N) is 2. The molecule has 0 aromatic heterocycles. The zero-order valence-electron chi connectivity index (χ0n) is 15.6. The van der Waals surface area contributed by atoms with Crippen LogP contribution >= 0.6 is 0 Å². The highest BCUT2D eigenvalue weighted by atomic mass is 32.2. The standard InChI is InChI=1S/C18H27N3O4S/c1-14(22)15-4-6-17(7-5-15)26(23,24)21-13-16(12-20(2)3)25-18(21)8-10-19-11-9-18/h4-7,16,19H,8-13H2,1-3H3. The van der Waals surface area contributed by atoms with Crippen LogP contribution in [0.1, 0.15) is 30.1 Å². The molecular formula is C18H27N3O4S. The molecule has 1 spiro atoms. The van der Waals surface area contributed by atoms with Crippen LogP contribution in [0.5, 0.6) is 0 Å². The first-order valence-electron chi connectivity index (χ1n) is 8.92. The zero-order chi connectivity index (χ0) is 18.9. The lowest BCUT2D eigenvalue weighted by molar-refractivity contribution is -0.100. The van der Waals surface area contributed by atoms with Crippen LogP contribution < -0.4 is 5.32 Å². The molecule has 0 bridgehead atoms. The summed E-state index contributed by atoms with van der Waals surface area (Å²) in [5.41, 5.74) is -0.284. The first-order chi connectivity index (χ1) is 12.2. The van der Waals surface area contributed by atoms with E-state index in [4.69, 9.17) is 4.74 Å². The van der Waals surface area contributed by atoms with Gasteiger partial charge >= 0.3 is 0 Å². The maximum absolute atomic E-state index is 13.3. The summed E-state index contributed by atoms with van der Waals surface area (Å²) in [6.45, 7) is 3.93. The van der Waals surface area contributed by atoms with Crippen molar-refractivity contribution in [2.24, 2.45) is 0 Å². The van der Waals surface area contributed by atoms with Crippen LogP contribution in [0.25, 0.3) is 0 Å². The Labute approximate surface area is 155 Å². The Bertz CT molecular complexity index is 755. The molecule has 2 saturated heterocycles. The Balaban J connectivity index is 1.93. The first-order valence-corrected chi connectivity index (χ1v) is 10.4. The van der Waals surface area contributed by atoms with Crippen molar-refractivity contribution in [2.75, 3.05) is 40.3 Å². The smallest absolute Gasteiger partial charge is 0.245 e. The third-order valence-corrected chi connectivity index (χ3v) is 6.94. The molecule has 0 aliphatic carbocycles. The lowest BCUT2D eigenvalue weighted by atomic mass is 10.0. The van der Waals surface area contributed by atoms with Crippen molar-refractivity contribution in [3.63, 3.8) is 0 Å². The molecule has 1 N–H and O–H groups in total. The fourth-order valence-electron chi connectivity index (χ4n) is 3.75. The quantitative estimate of drug-likeness (QED) is 0.764. The fourth-order valence-corrected chi connectivity index (χ4v) is 5.51. The van der Waals surface area contributed by atoms with Crippen molar-refractivity contribution >= 4 is 15.8 Å². The van der Waals surface area contributed by atoms with Crippen LogP contribution in [0.15, 0.2) is 29.2 Å². The number of ketones is 1. The van der Waals surface area contributed by atoms with E-state index in [0.717, 1.165) is 13.1 Å². The van der Waals surface area contributed by atoms with Gasteiger partial charge in [0.05, 0.1) is 11.0 Å². The number of hydrogen-bond acceptors (Lipinski definition) is 6. The Hall–Kier alpha value is -1.32. The number of piperidine rings is 1. The van der Waals surface area contributed by atoms with Gasteiger partial charge in [-0.15, -0.1) is 0 Å². The number of rotatable bonds is 5.